The smallest absolute Gasteiger partial charge is 0.319 e. The zero-order valence-electron chi connectivity index (χ0n) is 17.9. The number of allylic oxidation sites excluding steroid dienone is 2. The SMILES string of the molecule is C=C1C[C@]23C[C@@]1(OC(C)=O)CCC2C1=CCC(=O)[C@@](C)(C(=O)OC)C1[C@@H]3C(=O)OC. The average molecular weight is 416 g/mol. The molecule has 7 heteroatoms. The van der Waals surface area contributed by atoms with Gasteiger partial charge >= 0.3 is 17.9 Å². The molecule has 3 saturated carbocycles. The third-order valence-electron chi connectivity index (χ3n) is 8.17. The van der Waals surface area contributed by atoms with Crippen molar-refractivity contribution in [2.75, 3.05) is 14.2 Å². The second-order valence-corrected chi connectivity index (χ2v) is 9.37. The summed E-state index contributed by atoms with van der Waals surface area (Å²) >= 11 is 0. The second-order valence-electron chi connectivity index (χ2n) is 9.37. The predicted octanol–water partition coefficient (Wildman–Crippen LogP) is 2.53. The normalized spacial score (nSPS) is 41.5. The maximum atomic E-state index is 13.2. The van der Waals surface area contributed by atoms with Crippen LogP contribution in [0.5, 0.6) is 0 Å². The first-order chi connectivity index (χ1) is 14.1. The number of fused-ring (bicyclic) bond motifs is 3. The van der Waals surface area contributed by atoms with Crippen LogP contribution in [0.4, 0.5) is 0 Å². The average Bonchev–Trinajstić information content (AvgIpc) is 3.10. The molecule has 2 bridgehead atoms. The number of carbonyl (C=O) groups excluding carboxylic acids is 4. The fraction of sp³-hybridized carbons (Fsp3) is 0.652. The Bertz CT molecular complexity index is 901. The highest BCUT2D eigenvalue weighted by molar-refractivity contribution is 6.06. The standard InChI is InChI=1S/C23H28O7/c1-12-10-22-11-23(12,30-13(2)24)9-8-15(22)14-6-7-16(25)21(3,20(27)29-5)17(14)18(22)19(26)28-4/h6,15,17-18H,1,7-11H2,2-5H3/t15?,17?,18-,21-,22+,23+/m1/s1. The molecule has 0 aromatic carbocycles. The molecule has 4 rings (SSSR count). The van der Waals surface area contributed by atoms with E-state index < -0.39 is 40.2 Å². The van der Waals surface area contributed by atoms with Gasteiger partial charge in [0.2, 0.25) is 0 Å². The van der Waals surface area contributed by atoms with Gasteiger partial charge in [-0.15, -0.1) is 0 Å². The maximum absolute atomic E-state index is 13.2. The molecule has 0 radical (unpaired) electrons. The summed E-state index contributed by atoms with van der Waals surface area (Å²) in [5.41, 5.74) is -1.12. The van der Waals surface area contributed by atoms with Gasteiger partial charge in [0.1, 0.15) is 11.0 Å². The Morgan fingerprint density at radius 3 is 2.50 bits per heavy atom. The van der Waals surface area contributed by atoms with Crippen molar-refractivity contribution in [2.24, 2.45) is 28.6 Å². The van der Waals surface area contributed by atoms with E-state index in [0.717, 1.165) is 11.1 Å². The molecule has 4 aliphatic rings. The second kappa shape index (κ2) is 6.53. The van der Waals surface area contributed by atoms with Gasteiger partial charge in [-0.3, -0.25) is 19.2 Å². The Hall–Kier alpha value is -2.44. The molecular formula is C23H28O7. The Balaban J connectivity index is 1.91. The summed E-state index contributed by atoms with van der Waals surface area (Å²) in [5, 5.41) is 0. The summed E-state index contributed by atoms with van der Waals surface area (Å²) < 4.78 is 16.0. The molecule has 30 heavy (non-hydrogen) atoms. The largest absolute Gasteiger partial charge is 0.469 e. The Morgan fingerprint density at radius 1 is 1.20 bits per heavy atom. The lowest BCUT2D eigenvalue weighted by Gasteiger charge is -2.43. The molecule has 0 aromatic rings. The van der Waals surface area contributed by atoms with Gasteiger partial charge in [-0.2, -0.15) is 0 Å². The van der Waals surface area contributed by atoms with E-state index in [1.165, 1.54) is 21.1 Å². The highest BCUT2D eigenvalue weighted by Gasteiger charge is 2.74. The van der Waals surface area contributed by atoms with Crippen molar-refractivity contribution in [1.29, 1.82) is 0 Å². The zero-order chi connectivity index (χ0) is 22.1. The molecule has 0 N–H and O–H groups in total. The maximum Gasteiger partial charge on any atom is 0.319 e. The number of ketones is 1. The summed E-state index contributed by atoms with van der Waals surface area (Å²) in [6.07, 6.45) is 4.26. The third-order valence-corrected chi connectivity index (χ3v) is 8.17. The van der Waals surface area contributed by atoms with Crippen molar-refractivity contribution in [3.8, 4) is 0 Å². The molecule has 6 atom stereocenters. The number of carbonyl (C=O) groups is 4. The molecule has 1 spiro atoms. The molecule has 7 nitrogen and oxygen atoms in total. The molecule has 0 aliphatic heterocycles. The van der Waals surface area contributed by atoms with Gasteiger partial charge in [-0.05, 0) is 49.5 Å². The van der Waals surface area contributed by atoms with Crippen molar-refractivity contribution in [3.05, 3.63) is 23.8 Å². The Kier molecular flexibility index (Phi) is 4.53. The number of ether oxygens (including phenoxy) is 3. The molecule has 2 unspecified atom stereocenters. The van der Waals surface area contributed by atoms with Crippen molar-refractivity contribution >= 4 is 23.7 Å². The van der Waals surface area contributed by atoms with Crippen molar-refractivity contribution in [1.82, 2.24) is 0 Å². The van der Waals surface area contributed by atoms with Crippen LogP contribution in [0, 0.1) is 28.6 Å². The van der Waals surface area contributed by atoms with E-state index in [1.807, 2.05) is 6.08 Å². The minimum absolute atomic E-state index is 0.00776. The minimum atomic E-state index is -1.46. The summed E-state index contributed by atoms with van der Waals surface area (Å²) in [5.74, 6) is -3.09. The van der Waals surface area contributed by atoms with Crippen LogP contribution in [0.15, 0.2) is 23.8 Å². The first-order valence-corrected chi connectivity index (χ1v) is 10.3. The summed E-state index contributed by atoms with van der Waals surface area (Å²) in [4.78, 5) is 50.9. The minimum Gasteiger partial charge on any atom is -0.469 e. The summed E-state index contributed by atoms with van der Waals surface area (Å²) in [6, 6.07) is 0. The van der Waals surface area contributed by atoms with Crippen molar-refractivity contribution in [2.45, 2.75) is 51.6 Å². The van der Waals surface area contributed by atoms with Crippen molar-refractivity contribution < 1.29 is 33.4 Å². The number of methoxy groups -OCH3 is 2. The molecule has 0 saturated heterocycles. The lowest BCUT2D eigenvalue weighted by molar-refractivity contribution is -0.167. The van der Waals surface area contributed by atoms with Crippen LogP contribution in [0.3, 0.4) is 0 Å². The molecule has 0 amide bonds. The predicted molar refractivity (Wildman–Crippen MR) is 105 cm³/mol. The van der Waals surface area contributed by atoms with Gasteiger partial charge in [0.05, 0.1) is 20.1 Å². The number of hydrogen-bond donors (Lipinski definition) is 0. The Morgan fingerprint density at radius 2 is 1.90 bits per heavy atom. The van der Waals surface area contributed by atoms with Crippen LogP contribution >= 0.6 is 0 Å². The molecule has 4 aliphatic carbocycles. The molecular weight excluding hydrogens is 388 g/mol. The van der Waals surface area contributed by atoms with Crippen LogP contribution in [0.25, 0.3) is 0 Å². The van der Waals surface area contributed by atoms with Crippen molar-refractivity contribution in [3.63, 3.8) is 0 Å². The lowest BCUT2D eigenvalue weighted by Crippen LogP contribution is -2.51. The van der Waals surface area contributed by atoms with E-state index in [2.05, 4.69) is 6.58 Å². The van der Waals surface area contributed by atoms with Gasteiger partial charge in [0.15, 0.2) is 5.78 Å². The third kappa shape index (κ3) is 2.38. The van der Waals surface area contributed by atoms with Gasteiger partial charge in [0, 0.05) is 19.3 Å². The highest BCUT2D eigenvalue weighted by atomic mass is 16.6. The van der Waals surface area contributed by atoms with Crippen LogP contribution in [-0.2, 0) is 33.4 Å². The molecule has 0 aromatic heterocycles. The van der Waals surface area contributed by atoms with Crippen LogP contribution in [0.2, 0.25) is 0 Å². The van der Waals surface area contributed by atoms with Crippen LogP contribution < -0.4 is 0 Å². The number of hydrogen-bond acceptors (Lipinski definition) is 7. The van der Waals surface area contributed by atoms with E-state index in [9.17, 15) is 19.2 Å². The van der Waals surface area contributed by atoms with E-state index in [-0.39, 0.29) is 24.1 Å². The van der Waals surface area contributed by atoms with E-state index in [4.69, 9.17) is 14.2 Å². The number of rotatable bonds is 3. The van der Waals surface area contributed by atoms with Gasteiger partial charge in [-0.1, -0.05) is 18.2 Å². The molecule has 3 fully saturated rings. The fourth-order valence-electron chi connectivity index (χ4n) is 7.05. The van der Waals surface area contributed by atoms with Gasteiger partial charge in [0.25, 0.3) is 0 Å². The number of esters is 3. The highest BCUT2D eigenvalue weighted by Crippen LogP contribution is 2.73. The van der Waals surface area contributed by atoms with E-state index in [1.54, 1.807) is 6.92 Å². The first kappa shape index (κ1) is 20.8. The first-order valence-electron chi connectivity index (χ1n) is 10.3. The fourth-order valence-corrected chi connectivity index (χ4v) is 7.05. The quantitative estimate of drug-likeness (QED) is 0.302. The van der Waals surface area contributed by atoms with Gasteiger partial charge < -0.3 is 14.2 Å². The summed E-state index contributed by atoms with van der Waals surface area (Å²) in [7, 11) is 2.58. The topological polar surface area (TPSA) is 96.0 Å². The monoisotopic (exact) mass is 416 g/mol. The zero-order valence-corrected chi connectivity index (χ0v) is 17.9. The molecule has 0 heterocycles. The van der Waals surface area contributed by atoms with E-state index in [0.29, 0.717) is 25.7 Å². The van der Waals surface area contributed by atoms with Gasteiger partial charge in [-0.25, -0.2) is 0 Å². The molecule has 162 valence electrons. The van der Waals surface area contributed by atoms with Crippen LogP contribution in [-0.4, -0.2) is 43.5 Å². The Labute approximate surface area is 175 Å². The van der Waals surface area contributed by atoms with E-state index >= 15 is 0 Å². The number of Topliss-reactive ketones (excluding diaryl/α,β-unsaturated/α-hetero) is 1. The lowest BCUT2D eigenvalue weighted by atomic mass is 9.61. The van der Waals surface area contributed by atoms with Crippen LogP contribution in [0.1, 0.15) is 46.0 Å². The summed E-state index contributed by atoms with van der Waals surface area (Å²) in [6.45, 7) is 7.17.